The van der Waals surface area contributed by atoms with Crippen molar-refractivity contribution in [3.05, 3.63) is 15.6 Å². The van der Waals surface area contributed by atoms with Crippen molar-refractivity contribution >= 4 is 17.2 Å². The summed E-state index contributed by atoms with van der Waals surface area (Å²) in [5.41, 5.74) is 6.13. The van der Waals surface area contributed by atoms with Gasteiger partial charge in [-0.2, -0.15) is 0 Å². The molecule has 0 aromatic carbocycles. The Labute approximate surface area is 87.5 Å². The Balaban J connectivity index is 2.56. The summed E-state index contributed by atoms with van der Waals surface area (Å²) < 4.78 is 0. The van der Waals surface area contributed by atoms with Crippen molar-refractivity contribution in [2.75, 3.05) is 13.1 Å². The van der Waals surface area contributed by atoms with Gasteiger partial charge in [-0.15, -0.1) is 11.3 Å². The van der Waals surface area contributed by atoms with Gasteiger partial charge in [-0.1, -0.05) is 0 Å². The summed E-state index contributed by atoms with van der Waals surface area (Å²) in [6, 6.07) is 0. The molecule has 14 heavy (non-hydrogen) atoms. The molecule has 1 rings (SSSR count). The molecule has 0 fully saturated rings. The Morgan fingerprint density at radius 3 is 2.79 bits per heavy atom. The van der Waals surface area contributed by atoms with Crippen molar-refractivity contribution in [1.82, 2.24) is 10.3 Å². The summed E-state index contributed by atoms with van der Waals surface area (Å²) in [7, 11) is 0. The van der Waals surface area contributed by atoms with Crippen molar-refractivity contribution in [1.29, 1.82) is 0 Å². The highest BCUT2D eigenvalue weighted by Crippen LogP contribution is 2.16. The second kappa shape index (κ2) is 5.07. The third-order valence-electron chi connectivity index (χ3n) is 1.78. The van der Waals surface area contributed by atoms with Crippen LogP contribution in [0.15, 0.2) is 0 Å². The van der Waals surface area contributed by atoms with Crippen LogP contribution >= 0.6 is 11.3 Å². The van der Waals surface area contributed by atoms with Gasteiger partial charge < -0.3 is 11.1 Å². The van der Waals surface area contributed by atoms with Gasteiger partial charge >= 0.3 is 0 Å². The molecule has 78 valence electrons. The van der Waals surface area contributed by atoms with Crippen LogP contribution in [0.3, 0.4) is 0 Å². The van der Waals surface area contributed by atoms with Crippen molar-refractivity contribution in [2.45, 2.75) is 20.3 Å². The van der Waals surface area contributed by atoms with Gasteiger partial charge in [-0.25, -0.2) is 4.98 Å². The van der Waals surface area contributed by atoms with E-state index in [2.05, 4.69) is 10.3 Å². The summed E-state index contributed by atoms with van der Waals surface area (Å²) in [4.78, 5) is 16.5. The van der Waals surface area contributed by atoms with Crippen molar-refractivity contribution in [2.24, 2.45) is 5.73 Å². The predicted molar refractivity (Wildman–Crippen MR) is 57.6 cm³/mol. The molecule has 0 spiro atoms. The van der Waals surface area contributed by atoms with Gasteiger partial charge in [0.25, 0.3) is 5.91 Å². The molecule has 0 saturated heterocycles. The van der Waals surface area contributed by atoms with Crippen molar-refractivity contribution in [3.8, 4) is 0 Å². The number of carbonyl (C=O) groups excluding carboxylic acids is 1. The number of hydrogen-bond acceptors (Lipinski definition) is 4. The van der Waals surface area contributed by atoms with E-state index in [1.54, 1.807) is 0 Å². The molecule has 5 heteroatoms. The molecule has 0 aliphatic heterocycles. The molecule has 0 aliphatic rings. The highest BCUT2D eigenvalue weighted by molar-refractivity contribution is 7.13. The van der Waals surface area contributed by atoms with Crippen LogP contribution in [0, 0.1) is 13.8 Å². The fourth-order valence-corrected chi connectivity index (χ4v) is 1.96. The monoisotopic (exact) mass is 213 g/mol. The zero-order valence-corrected chi connectivity index (χ0v) is 9.28. The molecule has 0 saturated carbocycles. The number of aryl methyl sites for hydroxylation is 2. The lowest BCUT2D eigenvalue weighted by molar-refractivity contribution is 0.0957. The van der Waals surface area contributed by atoms with Gasteiger partial charge in [0, 0.05) is 6.54 Å². The molecule has 1 heterocycles. The zero-order chi connectivity index (χ0) is 10.6. The molecule has 4 nitrogen and oxygen atoms in total. The van der Waals surface area contributed by atoms with Crippen LogP contribution in [0.25, 0.3) is 0 Å². The van der Waals surface area contributed by atoms with Crippen LogP contribution in [-0.2, 0) is 0 Å². The maximum atomic E-state index is 11.6. The average molecular weight is 213 g/mol. The summed E-state index contributed by atoms with van der Waals surface area (Å²) in [5, 5.41) is 3.73. The first-order valence-corrected chi connectivity index (χ1v) is 5.39. The Bertz CT molecular complexity index is 322. The van der Waals surface area contributed by atoms with E-state index in [4.69, 9.17) is 5.73 Å². The number of amides is 1. The minimum atomic E-state index is -0.0402. The maximum Gasteiger partial charge on any atom is 0.263 e. The van der Waals surface area contributed by atoms with Crippen LogP contribution in [0.5, 0.6) is 0 Å². The smallest absolute Gasteiger partial charge is 0.263 e. The molecule has 3 N–H and O–H groups in total. The Hall–Kier alpha value is -0.940. The third kappa shape index (κ3) is 2.78. The standard InChI is InChI=1S/C9H15N3OS/c1-6-8(14-7(2)12-6)9(13)11-5-3-4-10/h3-5,10H2,1-2H3,(H,11,13). The SMILES string of the molecule is Cc1nc(C)c(C(=O)NCCCN)s1. The molecular formula is C9H15N3OS. The van der Waals surface area contributed by atoms with Crippen molar-refractivity contribution in [3.63, 3.8) is 0 Å². The van der Waals surface area contributed by atoms with Gasteiger partial charge in [0.15, 0.2) is 0 Å². The third-order valence-corrected chi connectivity index (χ3v) is 2.85. The molecule has 0 unspecified atom stereocenters. The van der Waals surface area contributed by atoms with E-state index in [0.717, 1.165) is 17.1 Å². The van der Waals surface area contributed by atoms with Crippen LogP contribution in [0.4, 0.5) is 0 Å². The first-order valence-electron chi connectivity index (χ1n) is 4.57. The van der Waals surface area contributed by atoms with E-state index in [1.807, 2.05) is 13.8 Å². The normalized spacial score (nSPS) is 10.2. The van der Waals surface area contributed by atoms with E-state index < -0.39 is 0 Å². The van der Waals surface area contributed by atoms with E-state index in [1.165, 1.54) is 11.3 Å². The van der Waals surface area contributed by atoms with E-state index in [0.29, 0.717) is 18.0 Å². The number of nitrogens with two attached hydrogens (primary N) is 1. The largest absolute Gasteiger partial charge is 0.351 e. The number of nitrogens with zero attached hydrogens (tertiary/aromatic N) is 1. The van der Waals surface area contributed by atoms with Crippen LogP contribution in [0.1, 0.15) is 26.8 Å². The summed E-state index contributed by atoms with van der Waals surface area (Å²) in [6.45, 7) is 4.97. The van der Waals surface area contributed by atoms with Crippen LogP contribution in [-0.4, -0.2) is 24.0 Å². The summed E-state index contributed by atoms with van der Waals surface area (Å²) in [5.74, 6) is -0.0402. The van der Waals surface area contributed by atoms with Gasteiger partial charge in [-0.05, 0) is 26.8 Å². The van der Waals surface area contributed by atoms with E-state index in [-0.39, 0.29) is 5.91 Å². The fourth-order valence-electron chi connectivity index (χ4n) is 1.13. The Morgan fingerprint density at radius 2 is 2.29 bits per heavy atom. The number of rotatable bonds is 4. The lowest BCUT2D eigenvalue weighted by Gasteiger charge is -2.01. The average Bonchev–Trinajstić information content (AvgIpc) is 2.45. The number of thiazole rings is 1. The van der Waals surface area contributed by atoms with E-state index in [9.17, 15) is 4.79 Å². The lowest BCUT2D eigenvalue weighted by Crippen LogP contribution is -2.25. The first kappa shape index (κ1) is 11.1. The highest BCUT2D eigenvalue weighted by atomic mass is 32.1. The van der Waals surface area contributed by atoms with Crippen LogP contribution in [0.2, 0.25) is 0 Å². The lowest BCUT2D eigenvalue weighted by atomic mass is 10.3. The Kier molecular flexibility index (Phi) is 4.03. The molecule has 1 amide bonds. The fraction of sp³-hybridized carbons (Fsp3) is 0.556. The first-order chi connectivity index (χ1) is 6.65. The zero-order valence-electron chi connectivity index (χ0n) is 8.46. The molecule has 0 atom stereocenters. The van der Waals surface area contributed by atoms with Gasteiger partial charge in [-0.3, -0.25) is 4.79 Å². The minimum Gasteiger partial charge on any atom is -0.351 e. The van der Waals surface area contributed by atoms with Gasteiger partial charge in [0.2, 0.25) is 0 Å². The summed E-state index contributed by atoms with van der Waals surface area (Å²) >= 11 is 1.43. The molecule has 0 aliphatic carbocycles. The van der Waals surface area contributed by atoms with E-state index >= 15 is 0 Å². The van der Waals surface area contributed by atoms with Gasteiger partial charge in [0.05, 0.1) is 10.7 Å². The van der Waals surface area contributed by atoms with Gasteiger partial charge in [0.1, 0.15) is 4.88 Å². The maximum absolute atomic E-state index is 11.6. The number of nitrogens with one attached hydrogen (secondary N) is 1. The minimum absolute atomic E-state index is 0.0402. The molecular weight excluding hydrogens is 198 g/mol. The quantitative estimate of drug-likeness (QED) is 0.728. The number of hydrogen-bond donors (Lipinski definition) is 2. The number of carbonyl (C=O) groups is 1. The topological polar surface area (TPSA) is 68.0 Å². The van der Waals surface area contributed by atoms with Crippen LogP contribution < -0.4 is 11.1 Å². The molecule has 0 bridgehead atoms. The molecule has 1 aromatic heterocycles. The second-order valence-corrected chi connectivity index (χ2v) is 4.25. The molecule has 1 aromatic rings. The van der Waals surface area contributed by atoms with Crippen molar-refractivity contribution < 1.29 is 4.79 Å². The number of aromatic nitrogens is 1. The Morgan fingerprint density at radius 1 is 1.57 bits per heavy atom. The molecule has 0 radical (unpaired) electrons. The second-order valence-electron chi connectivity index (χ2n) is 3.05. The predicted octanol–water partition coefficient (Wildman–Crippen LogP) is 0.839. The summed E-state index contributed by atoms with van der Waals surface area (Å²) in [6.07, 6.45) is 0.808. The highest BCUT2D eigenvalue weighted by Gasteiger charge is 2.12.